The Kier molecular flexibility index (Phi) is 6.91. The maximum Gasteiger partial charge on any atom is 0.0165 e. The van der Waals surface area contributed by atoms with Crippen LogP contribution in [0.25, 0.3) is 88.3 Å². The van der Waals surface area contributed by atoms with Crippen molar-refractivity contribution in [1.29, 1.82) is 0 Å². The molecule has 59 heavy (non-hydrogen) atoms. The zero-order valence-corrected chi connectivity index (χ0v) is 34.7. The van der Waals surface area contributed by atoms with Crippen LogP contribution in [0.5, 0.6) is 0 Å². The van der Waals surface area contributed by atoms with Crippen LogP contribution >= 0.6 is 0 Å². The molecule has 282 valence electrons. The maximum absolute atomic E-state index is 2.52. The summed E-state index contributed by atoms with van der Waals surface area (Å²) < 4.78 is 0. The molecule has 9 aromatic carbocycles. The van der Waals surface area contributed by atoms with Crippen LogP contribution in [0, 0.1) is 0 Å². The van der Waals surface area contributed by atoms with E-state index in [4.69, 9.17) is 0 Å². The van der Waals surface area contributed by atoms with E-state index in [0.717, 1.165) is 0 Å². The molecule has 0 amide bonds. The summed E-state index contributed by atoms with van der Waals surface area (Å²) in [6, 6.07) is 64.9. The molecule has 0 atom stereocenters. The van der Waals surface area contributed by atoms with Crippen LogP contribution in [-0.4, -0.2) is 0 Å². The largest absolute Gasteiger partial charge is 0.0619 e. The van der Waals surface area contributed by atoms with E-state index in [9.17, 15) is 0 Å². The molecule has 0 radical (unpaired) electrons. The minimum Gasteiger partial charge on any atom is -0.0619 e. The molecule has 0 saturated carbocycles. The van der Waals surface area contributed by atoms with Gasteiger partial charge in [0, 0.05) is 16.2 Å². The number of hydrogen-bond donors (Lipinski definition) is 0. The quantitative estimate of drug-likeness (QED) is 0.158. The highest BCUT2D eigenvalue weighted by Gasteiger charge is 2.40. The van der Waals surface area contributed by atoms with E-state index in [1.54, 1.807) is 0 Å². The normalized spacial score (nSPS) is 15.7. The third-order valence-electron chi connectivity index (χ3n) is 14.7. The fourth-order valence-corrected chi connectivity index (χ4v) is 11.8. The van der Waals surface area contributed by atoms with Crippen molar-refractivity contribution in [3.05, 3.63) is 203 Å². The van der Waals surface area contributed by atoms with Crippen LogP contribution in [0.2, 0.25) is 0 Å². The van der Waals surface area contributed by atoms with E-state index in [0.29, 0.717) is 0 Å². The summed E-state index contributed by atoms with van der Waals surface area (Å²) in [5, 5.41) is 5.17. The van der Waals surface area contributed by atoms with Crippen molar-refractivity contribution in [2.24, 2.45) is 0 Å². The van der Waals surface area contributed by atoms with Gasteiger partial charge in [-0.1, -0.05) is 199 Å². The van der Waals surface area contributed by atoms with Crippen molar-refractivity contribution in [3.63, 3.8) is 0 Å². The van der Waals surface area contributed by atoms with Crippen molar-refractivity contribution in [2.75, 3.05) is 0 Å². The topological polar surface area (TPSA) is 0 Å². The van der Waals surface area contributed by atoms with Gasteiger partial charge >= 0.3 is 0 Å². The zero-order valence-electron chi connectivity index (χ0n) is 34.7. The van der Waals surface area contributed by atoms with Crippen LogP contribution in [0.3, 0.4) is 0 Å². The van der Waals surface area contributed by atoms with E-state index < -0.39 is 0 Å². The highest BCUT2D eigenvalue weighted by molar-refractivity contribution is 6.24. The predicted molar refractivity (Wildman–Crippen MR) is 250 cm³/mol. The monoisotopic (exact) mass is 754 g/mol. The molecule has 0 N–H and O–H groups in total. The molecule has 0 saturated heterocycles. The molecule has 0 spiro atoms. The molecule has 3 aliphatic carbocycles. The average Bonchev–Trinajstić information content (AvgIpc) is 3.75. The molecule has 0 bridgehead atoms. The highest BCUT2D eigenvalue weighted by atomic mass is 14.4. The molecule has 3 aliphatic rings. The molecule has 0 heteroatoms. The third kappa shape index (κ3) is 4.50. The van der Waals surface area contributed by atoms with Gasteiger partial charge in [0.25, 0.3) is 0 Å². The van der Waals surface area contributed by atoms with Gasteiger partial charge in [0.05, 0.1) is 0 Å². The lowest BCUT2D eigenvalue weighted by molar-refractivity contribution is 0.660. The fraction of sp³-hybridized carbons (Fsp3) is 0.153. The third-order valence-corrected chi connectivity index (χ3v) is 14.7. The van der Waals surface area contributed by atoms with E-state index in [-0.39, 0.29) is 16.2 Å². The second-order valence-corrected chi connectivity index (χ2v) is 18.8. The molecule has 0 fully saturated rings. The lowest BCUT2D eigenvalue weighted by atomic mass is 9.76. The van der Waals surface area contributed by atoms with Crippen molar-refractivity contribution < 1.29 is 0 Å². The van der Waals surface area contributed by atoms with Crippen LogP contribution in [-0.2, 0) is 16.2 Å². The van der Waals surface area contributed by atoms with Gasteiger partial charge in [-0.25, -0.2) is 0 Å². The Labute approximate surface area is 347 Å². The minimum absolute atomic E-state index is 0.0732. The van der Waals surface area contributed by atoms with Crippen molar-refractivity contribution in [3.8, 4) is 66.8 Å². The first-order valence-electron chi connectivity index (χ1n) is 21.3. The van der Waals surface area contributed by atoms with E-state index in [2.05, 4.69) is 211 Å². The van der Waals surface area contributed by atoms with Crippen LogP contribution in [0.4, 0.5) is 0 Å². The smallest absolute Gasteiger partial charge is 0.0165 e. The van der Waals surface area contributed by atoms with Gasteiger partial charge in [-0.05, 0) is 134 Å². The Morgan fingerprint density at radius 3 is 1.42 bits per heavy atom. The van der Waals surface area contributed by atoms with E-state index >= 15 is 0 Å². The van der Waals surface area contributed by atoms with Gasteiger partial charge in [-0.15, -0.1) is 0 Å². The molecular formula is C59H46. The molecular weight excluding hydrogens is 709 g/mol. The van der Waals surface area contributed by atoms with Crippen LogP contribution in [0.15, 0.2) is 170 Å². The van der Waals surface area contributed by atoms with Crippen LogP contribution < -0.4 is 0 Å². The SMILES string of the molecule is CC1(C)c2ccccc2-c2ccc(-c3ccc4c(-c5cccc6c5C(C)(C)c5ccccc5-6)c5ccccc5c(-c5cccc6c5-c5ccccc5C6(C)C)c4c3)cc21. The van der Waals surface area contributed by atoms with Gasteiger partial charge in [-0.3, -0.25) is 0 Å². The Balaban J connectivity index is 1.19. The summed E-state index contributed by atoms with van der Waals surface area (Å²) >= 11 is 0. The minimum atomic E-state index is -0.154. The summed E-state index contributed by atoms with van der Waals surface area (Å²) in [6.45, 7) is 14.4. The predicted octanol–water partition coefficient (Wildman–Crippen LogP) is 15.9. The number of hydrogen-bond acceptors (Lipinski definition) is 0. The van der Waals surface area contributed by atoms with E-state index in [1.165, 1.54) is 122 Å². The average molecular weight is 755 g/mol. The van der Waals surface area contributed by atoms with Crippen LogP contribution in [0.1, 0.15) is 74.9 Å². The molecule has 0 aromatic heterocycles. The lowest BCUT2D eigenvalue weighted by Crippen LogP contribution is -2.16. The molecule has 12 rings (SSSR count). The zero-order chi connectivity index (χ0) is 40.0. The summed E-state index contributed by atoms with van der Waals surface area (Å²) in [6.07, 6.45) is 0. The van der Waals surface area contributed by atoms with Gasteiger partial charge in [0.15, 0.2) is 0 Å². The summed E-state index contributed by atoms with van der Waals surface area (Å²) in [5.74, 6) is 0. The number of fused-ring (bicyclic) bond motifs is 11. The van der Waals surface area contributed by atoms with Gasteiger partial charge < -0.3 is 0 Å². The first kappa shape index (κ1) is 34.5. The summed E-state index contributed by atoms with van der Waals surface area (Å²) in [4.78, 5) is 0. The lowest BCUT2D eigenvalue weighted by Gasteiger charge is -2.27. The molecule has 0 heterocycles. The molecule has 0 nitrogen and oxygen atoms in total. The highest BCUT2D eigenvalue weighted by Crippen LogP contribution is 2.58. The first-order valence-corrected chi connectivity index (χ1v) is 21.3. The Morgan fingerprint density at radius 1 is 0.254 bits per heavy atom. The Bertz CT molecular complexity index is 3290. The van der Waals surface area contributed by atoms with Crippen molar-refractivity contribution in [1.82, 2.24) is 0 Å². The van der Waals surface area contributed by atoms with Gasteiger partial charge in [0.2, 0.25) is 0 Å². The summed E-state index contributed by atoms with van der Waals surface area (Å²) in [5.41, 5.74) is 24.0. The number of rotatable bonds is 3. The first-order chi connectivity index (χ1) is 28.6. The fourth-order valence-electron chi connectivity index (χ4n) is 11.8. The van der Waals surface area contributed by atoms with Gasteiger partial charge in [-0.2, -0.15) is 0 Å². The summed E-state index contributed by atoms with van der Waals surface area (Å²) in [7, 11) is 0. The number of benzene rings is 9. The Morgan fingerprint density at radius 2 is 0.695 bits per heavy atom. The second-order valence-electron chi connectivity index (χ2n) is 18.8. The molecule has 0 unspecified atom stereocenters. The maximum atomic E-state index is 2.52. The van der Waals surface area contributed by atoms with Gasteiger partial charge in [0.1, 0.15) is 0 Å². The van der Waals surface area contributed by atoms with E-state index in [1.807, 2.05) is 0 Å². The molecule has 0 aliphatic heterocycles. The Hall–Kier alpha value is -6.50. The van der Waals surface area contributed by atoms with Crippen molar-refractivity contribution in [2.45, 2.75) is 57.8 Å². The van der Waals surface area contributed by atoms with Crippen molar-refractivity contribution >= 4 is 21.5 Å². The standard InChI is InChI=1S/C59H46/c1-57(2)50-27-14-11-21-44(50)55-45(23-16-28-51(55)57)54-41-20-8-7-19-40(41)53(46-24-15-22-43-38-18-10-13-26-49(38)59(5,6)56(43)46)42-32-30-35(33-47(42)54)36-29-31-39-37-17-9-12-25-48(37)58(3,4)52(39)34-36/h7-34H,1-6H3. The second kappa shape index (κ2) is 11.8. The molecule has 9 aromatic rings.